The molecule has 2 nitrogen and oxygen atoms in total. The number of rotatable bonds is 2. The van der Waals surface area contributed by atoms with Crippen LogP contribution in [0, 0.1) is 0 Å². The molecule has 0 bridgehead atoms. The maximum Gasteiger partial charge on any atom is 0.0534 e. The topological polar surface area (TPSA) is 24.4 Å². The molecule has 0 aliphatic carbocycles. The Bertz CT molecular complexity index is 139. The minimum atomic E-state index is 0.0678. The first kappa shape index (κ1) is 11.2. The van der Waals surface area contributed by atoms with Gasteiger partial charge in [0.15, 0.2) is 0 Å². The van der Waals surface area contributed by atoms with Crippen molar-refractivity contribution >= 4 is 28.8 Å². The molecule has 3 heteroatoms. The molecule has 0 spiro atoms. The lowest BCUT2D eigenvalue weighted by Gasteiger charge is -2.18. The van der Waals surface area contributed by atoms with Crippen molar-refractivity contribution < 1.29 is 0 Å². The Kier molecular flexibility index (Phi) is 3.80. The lowest BCUT2D eigenvalue weighted by molar-refractivity contribution is 0.441. The van der Waals surface area contributed by atoms with Gasteiger partial charge in [-0.05, 0) is 34.6 Å². The summed E-state index contributed by atoms with van der Waals surface area (Å²) in [4.78, 5) is 0. The average molecular weight is 268 g/mol. The molecule has 11 heavy (non-hydrogen) atoms. The van der Waals surface area contributed by atoms with Crippen LogP contribution in [0.2, 0.25) is 0 Å². The first-order valence-corrected chi connectivity index (χ1v) is 4.79. The Hall–Kier alpha value is 0.200. The van der Waals surface area contributed by atoms with Gasteiger partial charge in [0.05, 0.1) is 3.42 Å². The zero-order valence-electron chi connectivity index (χ0n) is 7.90. The summed E-state index contributed by atoms with van der Waals surface area (Å²) in [5.41, 5.74) is 3.11. The van der Waals surface area contributed by atoms with Gasteiger partial charge in [0.2, 0.25) is 0 Å². The Morgan fingerprint density at radius 1 is 1.18 bits per heavy atom. The van der Waals surface area contributed by atoms with Crippen LogP contribution >= 0.6 is 22.6 Å². The van der Waals surface area contributed by atoms with Crippen molar-refractivity contribution in [2.75, 3.05) is 0 Å². The zero-order valence-corrected chi connectivity index (χ0v) is 10.1. The average Bonchev–Trinajstić information content (AvgIpc) is 1.55. The van der Waals surface area contributed by atoms with E-state index in [2.05, 4.69) is 67.7 Å². The van der Waals surface area contributed by atoms with Crippen molar-refractivity contribution in [2.24, 2.45) is 5.10 Å². The van der Waals surface area contributed by atoms with E-state index < -0.39 is 0 Å². The van der Waals surface area contributed by atoms with Gasteiger partial charge < -0.3 is 5.43 Å². The predicted octanol–water partition coefficient (Wildman–Crippen LogP) is 2.57. The van der Waals surface area contributed by atoms with E-state index in [-0.39, 0.29) is 8.96 Å². The van der Waals surface area contributed by atoms with Gasteiger partial charge >= 0.3 is 0 Å². The summed E-state index contributed by atoms with van der Waals surface area (Å²) in [5.74, 6) is 0. The molecule has 0 rings (SSSR count). The number of hydrazone groups is 1. The Balaban J connectivity index is 3.80. The molecule has 0 radical (unpaired) electrons. The fraction of sp³-hybridized carbons (Fsp3) is 0.875. The highest BCUT2D eigenvalue weighted by atomic mass is 127. The normalized spacial score (nSPS) is 14.0. The second kappa shape index (κ2) is 3.74. The van der Waals surface area contributed by atoms with Crippen molar-refractivity contribution in [3.05, 3.63) is 0 Å². The highest BCUT2D eigenvalue weighted by Crippen LogP contribution is 2.12. The molecule has 0 atom stereocenters. The Morgan fingerprint density at radius 2 is 1.64 bits per heavy atom. The summed E-state index contributed by atoms with van der Waals surface area (Å²) in [6, 6.07) is 0. The SMILES string of the molecule is CC(C)(I)/C=N/NC(C)(C)C. The molecule has 0 aromatic carbocycles. The highest BCUT2D eigenvalue weighted by Gasteiger charge is 2.10. The van der Waals surface area contributed by atoms with Crippen molar-refractivity contribution in [3.63, 3.8) is 0 Å². The lowest BCUT2D eigenvalue weighted by Crippen LogP contribution is -2.32. The van der Waals surface area contributed by atoms with Gasteiger partial charge in [0.1, 0.15) is 0 Å². The molecule has 0 unspecified atom stereocenters. The van der Waals surface area contributed by atoms with E-state index in [4.69, 9.17) is 0 Å². The molecular weight excluding hydrogens is 251 g/mol. The number of halogens is 1. The van der Waals surface area contributed by atoms with Gasteiger partial charge in [-0.1, -0.05) is 22.6 Å². The van der Waals surface area contributed by atoms with Crippen molar-refractivity contribution in [3.8, 4) is 0 Å². The number of nitrogens with zero attached hydrogens (tertiary/aromatic N) is 1. The van der Waals surface area contributed by atoms with E-state index in [1.807, 2.05) is 6.21 Å². The number of hydrogen-bond acceptors (Lipinski definition) is 2. The molecule has 0 amide bonds. The van der Waals surface area contributed by atoms with E-state index in [9.17, 15) is 0 Å². The maximum absolute atomic E-state index is 4.13. The van der Waals surface area contributed by atoms with Crippen LogP contribution in [0.5, 0.6) is 0 Å². The fourth-order valence-corrected chi connectivity index (χ4v) is 0.519. The summed E-state index contributed by atoms with van der Waals surface area (Å²) in [6.45, 7) is 10.5. The molecule has 0 heterocycles. The van der Waals surface area contributed by atoms with Crippen molar-refractivity contribution in [2.45, 2.75) is 43.6 Å². The Morgan fingerprint density at radius 3 is 1.91 bits per heavy atom. The van der Waals surface area contributed by atoms with Gasteiger partial charge in [-0.2, -0.15) is 5.10 Å². The van der Waals surface area contributed by atoms with Crippen LogP contribution < -0.4 is 5.43 Å². The van der Waals surface area contributed by atoms with Gasteiger partial charge in [0.25, 0.3) is 0 Å². The van der Waals surface area contributed by atoms with E-state index in [0.29, 0.717) is 0 Å². The largest absolute Gasteiger partial charge is 0.305 e. The molecular formula is C8H17IN2. The second-order valence-corrected chi connectivity index (χ2v) is 6.96. The van der Waals surface area contributed by atoms with Gasteiger partial charge in [-0.3, -0.25) is 0 Å². The Labute approximate surface area is 83.0 Å². The highest BCUT2D eigenvalue weighted by molar-refractivity contribution is 14.1. The summed E-state index contributed by atoms with van der Waals surface area (Å²) in [7, 11) is 0. The third-order valence-corrected chi connectivity index (χ3v) is 1.05. The van der Waals surface area contributed by atoms with E-state index in [1.165, 1.54) is 0 Å². The van der Waals surface area contributed by atoms with Crippen LogP contribution in [-0.2, 0) is 0 Å². The molecule has 0 aliphatic rings. The summed E-state index contributed by atoms with van der Waals surface area (Å²) in [6.07, 6.45) is 1.92. The number of hydrogen-bond donors (Lipinski definition) is 1. The summed E-state index contributed by atoms with van der Waals surface area (Å²) >= 11 is 2.34. The molecule has 0 fully saturated rings. The van der Waals surface area contributed by atoms with Crippen LogP contribution in [0.1, 0.15) is 34.6 Å². The fourth-order valence-electron chi connectivity index (χ4n) is 0.379. The first-order valence-electron chi connectivity index (χ1n) is 3.71. The van der Waals surface area contributed by atoms with Crippen molar-refractivity contribution in [1.29, 1.82) is 0 Å². The van der Waals surface area contributed by atoms with Crippen LogP contribution in [-0.4, -0.2) is 15.2 Å². The van der Waals surface area contributed by atoms with Gasteiger partial charge in [0, 0.05) is 11.8 Å². The maximum atomic E-state index is 4.13. The quantitative estimate of drug-likeness (QED) is 0.354. The lowest BCUT2D eigenvalue weighted by atomic mass is 10.1. The first-order chi connectivity index (χ1) is 4.71. The molecule has 66 valence electrons. The molecule has 0 aromatic rings. The molecule has 0 saturated carbocycles. The van der Waals surface area contributed by atoms with Crippen LogP contribution in [0.4, 0.5) is 0 Å². The molecule has 0 aliphatic heterocycles. The predicted molar refractivity (Wildman–Crippen MR) is 59.5 cm³/mol. The molecule has 0 saturated heterocycles. The van der Waals surface area contributed by atoms with Crippen LogP contribution in [0.25, 0.3) is 0 Å². The van der Waals surface area contributed by atoms with E-state index in [0.717, 1.165) is 0 Å². The smallest absolute Gasteiger partial charge is 0.0534 e. The monoisotopic (exact) mass is 268 g/mol. The summed E-state index contributed by atoms with van der Waals surface area (Å²) in [5, 5.41) is 4.13. The van der Waals surface area contributed by atoms with Crippen molar-refractivity contribution in [1.82, 2.24) is 5.43 Å². The summed E-state index contributed by atoms with van der Waals surface area (Å²) < 4.78 is 0.135. The minimum absolute atomic E-state index is 0.0678. The number of alkyl halides is 1. The third kappa shape index (κ3) is 10.2. The minimum Gasteiger partial charge on any atom is -0.305 e. The van der Waals surface area contributed by atoms with Gasteiger partial charge in [-0.25, -0.2) is 0 Å². The van der Waals surface area contributed by atoms with Crippen LogP contribution in [0.15, 0.2) is 5.10 Å². The molecule has 0 aromatic heterocycles. The third-order valence-electron chi connectivity index (χ3n) is 0.772. The van der Waals surface area contributed by atoms with E-state index in [1.54, 1.807) is 0 Å². The standard InChI is InChI=1S/C8H17IN2/c1-7(2,3)11-10-6-8(4,5)9/h6,11H,1-5H3/b10-6+. The van der Waals surface area contributed by atoms with E-state index >= 15 is 0 Å². The number of nitrogens with one attached hydrogen (secondary N) is 1. The van der Waals surface area contributed by atoms with Crippen LogP contribution in [0.3, 0.4) is 0 Å². The van der Waals surface area contributed by atoms with Gasteiger partial charge in [-0.15, -0.1) is 0 Å². The second-order valence-electron chi connectivity index (χ2n) is 4.18. The molecule has 1 N–H and O–H groups in total. The zero-order chi connectivity index (χ0) is 9.12.